The van der Waals surface area contributed by atoms with Gasteiger partial charge in [0, 0.05) is 13.6 Å². The lowest BCUT2D eigenvalue weighted by Gasteiger charge is -2.14. The summed E-state index contributed by atoms with van der Waals surface area (Å²) in [5.41, 5.74) is -2.72. The minimum Gasteiger partial charge on any atom is -0.344 e. The number of likely N-dealkylation sites (N-methyl/N-ethyl adjacent to an activating group) is 1. The van der Waals surface area contributed by atoms with E-state index in [4.69, 9.17) is 0 Å². The quantitative estimate of drug-likeness (QED) is 0.543. The highest BCUT2D eigenvalue weighted by molar-refractivity contribution is 5.75. The maximum Gasteiger partial charge on any atom is 0.350 e. The Morgan fingerprint density at radius 2 is 2.17 bits per heavy atom. The Morgan fingerprint density at radius 1 is 1.56 bits per heavy atom. The summed E-state index contributed by atoms with van der Waals surface area (Å²) in [6.07, 6.45) is 0.766. The molecule has 0 saturated heterocycles. The molecule has 1 rings (SSSR count). The third kappa shape index (κ3) is 2.81. The van der Waals surface area contributed by atoms with Gasteiger partial charge >= 0.3 is 16.9 Å². The summed E-state index contributed by atoms with van der Waals surface area (Å²) in [7, 11) is 1.54. The van der Waals surface area contributed by atoms with Gasteiger partial charge in [0.05, 0.1) is 11.1 Å². The summed E-state index contributed by atoms with van der Waals surface area (Å²) >= 11 is 0. The van der Waals surface area contributed by atoms with Crippen molar-refractivity contribution in [2.24, 2.45) is 0 Å². The Labute approximate surface area is 101 Å². The molecule has 1 heterocycles. The van der Waals surface area contributed by atoms with Gasteiger partial charge in [-0.05, 0) is 6.92 Å². The standard InChI is InChI=1S/C9H12N4O5/c1-3-11(2)7(14)5-12-4-6(13(17)18)8(15)10-9(12)16/h4H,3,5H2,1-2H3,(H,10,15,16). The second-order valence-electron chi connectivity index (χ2n) is 3.57. The first-order valence-corrected chi connectivity index (χ1v) is 5.09. The second kappa shape index (κ2) is 5.25. The highest BCUT2D eigenvalue weighted by Crippen LogP contribution is 1.99. The number of carbonyl (C=O) groups excluding carboxylic acids is 1. The average Bonchev–Trinajstić information content (AvgIpc) is 2.30. The Balaban J connectivity index is 3.14. The van der Waals surface area contributed by atoms with E-state index in [2.05, 4.69) is 0 Å². The number of nitrogens with one attached hydrogen (secondary N) is 1. The third-order valence-electron chi connectivity index (χ3n) is 2.39. The van der Waals surface area contributed by atoms with Crippen LogP contribution in [-0.2, 0) is 11.3 Å². The van der Waals surface area contributed by atoms with Gasteiger partial charge in [0.15, 0.2) is 0 Å². The molecule has 0 radical (unpaired) electrons. The fourth-order valence-corrected chi connectivity index (χ4v) is 1.19. The summed E-state index contributed by atoms with van der Waals surface area (Å²) in [6, 6.07) is 0. The predicted molar refractivity (Wildman–Crippen MR) is 61.3 cm³/mol. The molecule has 0 bridgehead atoms. The topological polar surface area (TPSA) is 118 Å². The van der Waals surface area contributed by atoms with Crippen LogP contribution < -0.4 is 11.2 Å². The van der Waals surface area contributed by atoms with Crippen LogP contribution in [0.5, 0.6) is 0 Å². The fraction of sp³-hybridized carbons (Fsp3) is 0.444. The SMILES string of the molecule is CCN(C)C(=O)Cn1cc([N+](=O)[O-])c(=O)[nH]c1=O. The van der Waals surface area contributed by atoms with Gasteiger partial charge in [0.2, 0.25) is 5.91 Å². The van der Waals surface area contributed by atoms with E-state index in [1.54, 1.807) is 11.9 Å². The van der Waals surface area contributed by atoms with Crippen LogP contribution in [0.3, 0.4) is 0 Å². The molecular weight excluding hydrogens is 244 g/mol. The van der Waals surface area contributed by atoms with Crippen LogP contribution in [0.2, 0.25) is 0 Å². The second-order valence-corrected chi connectivity index (χ2v) is 3.57. The number of nitro groups is 1. The minimum atomic E-state index is -1.09. The zero-order valence-electron chi connectivity index (χ0n) is 9.87. The Morgan fingerprint density at radius 3 is 2.67 bits per heavy atom. The molecule has 1 aromatic rings. The fourth-order valence-electron chi connectivity index (χ4n) is 1.19. The van der Waals surface area contributed by atoms with Crippen LogP contribution in [0.4, 0.5) is 5.69 Å². The Bertz CT molecular complexity index is 587. The number of rotatable bonds is 4. The molecule has 0 aliphatic heterocycles. The number of hydrogen-bond donors (Lipinski definition) is 1. The van der Waals surface area contributed by atoms with Gasteiger partial charge in [-0.15, -0.1) is 0 Å². The van der Waals surface area contributed by atoms with Crippen LogP contribution in [0.25, 0.3) is 0 Å². The highest BCUT2D eigenvalue weighted by atomic mass is 16.6. The summed E-state index contributed by atoms with van der Waals surface area (Å²) in [5.74, 6) is -0.388. The number of aromatic amines is 1. The van der Waals surface area contributed by atoms with E-state index in [1.165, 1.54) is 11.9 Å². The molecule has 0 unspecified atom stereocenters. The maximum atomic E-state index is 11.6. The molecule has 1 aromatic heterocycles. The summed E-state index contributed by atoms with van der Waals surface area (Å²) in [6.45, 7) is 1.83. The van der Waals surface area contributed by atoms with Crippen molar-refractivity contribution in [1.82, 2.24) is 14.5 Å². The van der Waals surface area contributed by atoms with E-state index in [1.807, 2.05) is 0 Å². The van der Waals surface area contributed by atoms with Gasteiger partial charge in [-0.2, -0.15) is 0 Å². The number of H-pyrrole nitrogens is 1. The van der Waals surface area contributed by atoms with Gasteiger partial charge in [0.1, 0.15) is 6.54 Å². The molecule has 0 aliphatic rings. The van der Waals surface area contributed by atoms with Crippen molar-refractivity contribution >= 4 is 11.6 Å². The monoisotopic (exact) mass is 256 g/mol. The maximum absolute atomic E-state index is 11.6. The predicted octanol–water partition coefficient (Wildman–Crippen LogP) is -1.08. The van der Waals surface area contributed by atoms with E-state index >= 15 is 0 Å². The van der Waals surface area contributed by atoms with Gasteiger partial charge in [-0.25, -0.2) is 4.79 Å². The van der Waals surface area contributed by atoms with Gasteiger partial charge in [-0.1, -0.05) is 0 Å². The van der Waals surface area contributed by atoms with Crippen molar-refractivity contribution in [3.8, 4) is 0 Å². The molecule has 18 heavy (non-hydrogen) atoms. The third-order valence-corrected chi connectivity index (χ3v) is 2.39. The van der Waals surface area contributed by atoms with E-state index in [9.17, 15) is 24.5 Å². The van der Waals surface area contributed by atoms with Crippen molar-refractivity contribution in [3.63, 3.8) is 0 Å². The number of hydrogen-bond acceptors (Lipinski definition) is 5. The van der Waals surface area contributed by atoms with Crippen molar-refractivity contribution in [2.45, 2.75) is 13.5 Å². The lowest BCUT2D eigenvalue weighted by molar-refractivity contribution is -0.386. The van der Waals surface area contributed by atoms with Crippen molar-refractivity contribution in [3.05, 3.63) is 37.1 Å². The summed E-state index contributed by atoms with van der Waals surface area (Å²) in [5, 5.41) is 10.5. The Hall–Kier alpha value is -2.45. The molecule has 0 spiro atoms. The van der Waals surface area contributed by atoms with Crippen LogP contribution in [-0.4, -0.2) is 38.9 Å². The summed E-state index contributed by atoms with van der Waals surface area (Å²) < 4.78 is 0.800. The van der Waals surface area contributed by atoms with E-state index in [0.29, 0.717) is 6.54 Å². The van der Waals surface area contributed by atoms with Gasteiger partial charge in [0.25, 0.3) is 0 Å². The van der Waals surface area contributed by atoms with Crippen molar-refractivity contribution in [2.75, 3.05) is 13.6 Å². The number of carbonyl (C=O) groups is 1. The van der Waals surface area contributed by atoms with Crippen molar-refractivity contribution in [1.29, 1.82) is 0 Å². The first-order valence-electron chi connectivity index (χ1n) is 5.09. The Kier molecular flexibility index (Phi) is 3.97. The highest BCUT2D eigenvalue weighted by Gasteiger charge is 2.17. The zero-order chi connectivity index (χ0) is 13.9. The molecular formula is C9H12N4O5. The zero-order valence-corrected chi connectivity index (χ0v) is 9.87. The molecule has 1 amide bonds. The van der Waals surface area contributed by atoms with Crippen LogP contribution in [0.1, 0.15) is 6.92 Å². The van der Waals surface area contributed by atoms with Crippen LogP contribution in [0, 0.1) is 10.1 Å². The molecule has 0 fully saturated rings. The molecule has 9 nitrogen and oxygen atoms in total. The number of nitrogens with zero attached hydrogens (tertiary/aromatic N) is 3. The molecule has 98 valence electrons. The molecule has 0 saturated carbocycles. The minimum absolute atomic E-state index is 0.360. The largest absolute Gasteiger partial charge is 0.350 e. The summed E-state index contributed by atoms with van der Waals surface area (Å²) in [4.78, 5) is 46.8. The molecule has 0 aliphatic carbocycles. The first kappa shape index (κ1) is 13.6. The van der Waals surface area contributed by atoms with Gasteiger partial charge < -0.3 is 4.90 Å². The number of amides is 1. The molecule has 1 N–H and O–H groups in total. The normalized spacial score (nSPS) is 10.1. The number of aromatic nitrogens is 2. The van der Waals surface area contributed by atoms with Gasteiger partial charge in [-0.3, -0.25) is 29.3 Å². The molecule has 0 aromatic carbocycles. The van der Waals surface area contributed by atoms with Crippen LogP contribution >= 0.6 is 0 Å². The molecule has 9 heteroatoms. The lowest BCUT2D eigenvalue weighted by Crippen LogP contribution is -2.37. The van der Waals surface area contributed by atoms with E-state index < -0.39 is 21.9 Å². The van der Waals surface area contributed by atoms with Crippen LogP contribution in [0.15, 0.2) is 15.8 Å². The average molecular weight is 256 g/mol. The molecule has 0 atom stereocenters. The first-order chi connectivity index (χ1) is 8.36. The van der Waals surface area contributed by atoms with E-state index in [0.717, 1.165) is 10.8 Å². The van der Waals surface area contributed by atoms with E-state index in [-0.39, 0.29) is 12.5 Å². The van der Waals surface area contributed by atoms with Crippen molar-refractivity contribution < 1.29 is 9.72 Å². The smallest absolute Gasteiger partial charge is 0.344 e. The lowest BCUT2D eigenvalue weighted by atomic mass is 10.4.